The zero-order valence-corrected chi connectivity index (χ0v) is 48.1. The van der Waals surface area contributed by atoms with Crippen LogP contribution in [0.3, 0.4) is 0 Å². The van der Waals surface area contributed by atoms with E-state index >= 15 is 0 Å². The summed E-state index contributed by atoms with van der Waals surface area (Å²) in [5.41, 5.74) is 18.3. The maximum absolute atomic E-state index is 11.4. The van der Waals surface area contributed by atoms with E-state index in [-0.39, 0.29) is 53.9 Å². The van der Waals surface area contributed by atoms with Gasteiger partial charge in [-0.2, -0.15) is 0 Å². The van der Waals surface area contributed by atoms with Gasteiger partial charge in [0.2, 0.25) is 0 Å². The van der Waals surface area contributed by atoms with Crippen molar-refractivity contribution in [2.24, 2.45) is 0 Å². The molecule has 0 unspecified atom stereocenters. The van der Waals surface area contributed by atoms with Crippen molar-refractivity contribution in [2.75, 3.05) is 0 Å². The number of aromatic nitrogens is 5. The summed E-state index contributed by atoms with van der Waals surface area (Å²) in [5, 5.41) is 13.9. The van der Waals surface area contributed by atoms with Gasteiger partial charge >= 0.3 is 0 Å². The van der Waals surface area contributed by atoms with Gasteiger partial charge in [0.15, 0.2) is 0 Å². The van der Waals surface area contributed by atoms with E-state index in [0.717, 1.165) is 61.5 Å². The Morgan fingerprint density at radius 1 is 0.459 bits per heavy atom. The third-order valence-corrected chi connectivity index (χ3v) is 14.6. The molecule has 4 aromatic heterocycles. The Morgan fingerprint density at radius 3 is 1.57 bits per heavy atom. The van der Waals surface area contributed by atoms with Crippen molar-refractivity contribution in [2.45, 2.75) is 131 Å². The zero-order valence-electron chi connectivity index (χ0n) is 45.9. The van der Waals surface area contributed by atoms with Gasteiger partial charge in [0.05, 0.1) is 27.6 Å². The van der Waals surface area contributed by atoms with Crippen molar-refractivity contribution >= 4 is 32.8 Å². The number of hydrogen-bond acceptors (Lipinski definition) is 4. The van der Waals surface area contributed by atoms with E-state index < -0.39 is 0 Å². The normalized spacial score (nSPS) is 12.7. The molecular formula is C67H70N5OPt-. The van der Waals surface area contributed by atoms with Crippen LogP contribution in [0, 0.1) is 6.07 Å². The number of benzene rings is 6. The van der Waals surface area contributed by atoms with Crippen molar-refractivity contribution in [1.29, 1.82) is 0 Å². The Labute approximate surface area is 453 Å². The van der Waals surface area contributed by atoms with Crippen LogP contribution in [0.5, 0.6) is 5.75 Å². The summed E-state index contributed by atoms with van der Waals surface area (Å²) in [5.74, 6) is 0.738. The number of rotatable bonds is 6. The molecule has 1 N–H and O–H groups in total. The van der Waals surface area contributed by atoms with Crippen molar-refractivity contribution in [3.63, 3.8) is 0 Å². The van der Waals surface area contributed by atoms with Gasteiger partial charge in [0.1, 0.15) is 11.6 Å². The first-order valence-electron chi connectivity index (χ1n) is 25.8. The van der Waals surface area contributed by atoms with Crippen LogP contribution < -0.4 is 0 Å². The van der Waals surface area contributed by atoms with Crippen LogP contribution in [0.2, 0.25) is 0 Å². The number of fused-ring (bicyclic) bond motifs is 4. The summed E-state index contributed by atoms with van der Waals surface area (Å²) in [6.07, 6.45) is 5.26. The largest absolute Gasteiger partial charge is 0.507 e. The minimum atomic E-state index is -0.201. The quantitative estimate of drug-likeness (QED) is 0.169. The third kappa shape index (κ3) is 9.67. The second-order valence-electron chi connectivity index (χ2n) is 25.3. The predicted octanol–water partition coefficient (Wildman–Crippen LogP) is 17.6. The molecule has 0 amide bonds. The standard InChI is InChI=1S/C67H70N5O.Pt/c1-63(2,3)44-31-42(51-21-19-25-58-60(51)70-62(55-40-68-28-27-59(55)73)72(58)50-38-47(66(10,11)12)35-48(39-50)67(13,14)15)30-43(32-44)56-33-41(26-29-69-56)52-22-18-23-54-53-20-16-17-24-57(53)71(61(52)54)49-36-45(64(4,5)6)34-46(37-49)65(7,8)9;/h16-29,31-40H,1-15H3,(H,68,73);/q-1;. The molecule has 0 saturated carbocycles. The fourth-order valence-electron chi connectivity index (χ4n) is 10.1. The molecule has 7 heteroatoms. The topological polar surface area (TPSA) is 68.8 Å². The Hall–Kier alpha value is -6.62. The second kappa shape index (κ2) is 18.6. The van der Waals surface area contributed by atoms with Crippen LogP contribution in [0.25, 0.3) is 89.1 Å². The predicted molar refractivity (Wildman–Crippen MR) is 307 cm³/mol. The Morgan fingerprint density at radius 2 is 0.973 bits per heavy atom. The molecule has 0 aliphatic heterocycles. The first kappa shape index (κ1) is 52.2. The fraction of sp³-hybridized carbons (Fsp3) is 0.299. The summed E-state index contributed by atoms with van der Waals surface area (Å²) >= 11 is 0. The molecule has 0 aliphatic rings. The Kier molecular flexibility index (Phi) is 13.2. The van der Waals surface area contributed by atoms with E-state index in [1.54, 1.807) is 18.5 Å². The molecule has 0 atom stereocenters. The van der Waals surface area contributed by atoms with Crippen LogP contribution in [0.4, 0.5) is 0 Å². The second-order valence-corrected chi connectivity index (χ2v) is 25.3. The molecule has 380 valence electrons. The number of aromatic hydroxyl groups is 1. The van der Waals surface area contributed by atoms with Crippen LogP contribution in [-0.4, -0.2) is 29.2 Å². The number of hydrogen-bond donors (Lipinski definition) is 1. The summed E-state index contributed by atoms with van der Waals surface area (Å²) in [6.45, 7) is 34.1. The first-order chi connectivity index (χ1) is 34.3. The zero-order chi connectivity index (χ0) is 52.2. The van der Waals surface area contributed by atoms with Crippen LogP contribution >= 0.6 is 0 Å². The maximum atomic E-state index is 11.4. The third-order valence-electron chi connectivity index (χ3n) is 14.6. The molecule has 74 heavy (non-hydrogen) atoms. The minimum absolute atomic E-state index is 0. The van der Waals surface area contributed by atoms with E-state index in [0.29, 0.717) is 11.4 Å². The van der Waals surface area contributed by atoms with E-state index in [1.165, 1.54) is 44.1 Å². The molecule has 10 aromatic rings. The average Bonchev–Trinajstić information content (AvgIpc) is 3.89. The van der Waals surface area contributed by atoms with Gasteiger partial charge in [0, 0.05) is 73.1 Å². The summed E-state index contributed by atoms with van der Waals surface area (Å²) in [4.78, 5) is 15.1. The molecule has 4 heterocycles. The van der Waals surface area contributed by atoms with Crippen LogP contribution in [-0.2, 0) is 48.1 Å². The van der Waals surface area contributed by atoms with Crippen molar-refractivity contribution in [1.82, 2.24) is 24.1 Å². The Bertz CT molecular complexity index is 3720. The van der Waals surface area contributed by atoms with Gasteiger partial charge in [-0.3, -0.25) is 14.5 Å². The van der Waals surface area contributed by atoms with E-state index in [4.69, 9.17) is 9.97 Å². The van der Waals surface area contributed by atoms with Gasteiger partial charge in [0.25, 0.3) is 0 Å². The number of para-hydroxylation sites is 3. The number of pyridine rings is 2. The van der Waals surface area contributed by atoms with Gasteiger partial charge in [-0.1, -0.05) is 182 Å². The van der Waals surface area contributed by atoms with Gasteiger partial charge in [-0.15, -0.1) is 29.3 Å². The smallest absolute Gasteiger partial charge is 0.150 e. The molecule has 0 bridgehead atoms. The van der Waals surface area contributed by atoms with Crippen molar-refractivity contribution in [3.8, 4) is 62.0 Å². The van der Waals surface area contributed by atoms with Crippen LogP contribution in [0.15, 0.2) is 146 Å². The first-order valence-corrected chi connectivity index (χ1v) is 25.8. The number of imidazole rings is 1. The molecule has 6 aromatic carbocycles. The molecule has 0 radical (unpaired) electrons. The molecule has 10 rings (SSSR count). The molecule has 0 aliphatic carbocycles. The molecular weight excluding hydrogens is 1090 g/mol. The molecule has 6 nitrogen and oxygen atoms in total. The summed E-state index contributed by atoms with van der Waals surface area (Å²) in [7, 11) is 0. The van der Waals surface area contributed by atoms with Crippen molar-refractivity contribution in [3.05, 3.63) is 180 Å². The number of nitrogens with zero attached hydrogens (tertiary/aromatic N) is 5. The Balaban J connectivity index is 0.00000672. The van der Waals surface area contributed by atoms with E-state index in [2.05, 4.69) is 245 Å². The molecule has 0 fully saturated rings. The minimum Gasteiger partial charge on any atom is -0.507 e. The fourth-order valence-corrected chi connectivity index (χ4v) is 10.1. The van der Waals surface area contributed by atoms with Crippen LogP contribution in [0.1, 0.15) is 132 Å². The van der Waals surface area contributed by atoms with Gasteiger partial charge in [-0.05, 0) is 103 Å². The summed E-state index contributed by atoms with van der Waals surface area (Å²) < 4.78 is 4.68. The van der Waals surface area contributed by atoms with Gasteiger partial charge in [-0.25, -0.2) is 4.98 Å². The summed E-state index contributed by atoms with van der Waals surface area (Å²) in [6, 6.07) is 50.4. The van der Waals surface area contributed by atoms with E-state index in [1.807, 2.05) is 6.20 Å². The monoisotopic (exact) mass is 1160 g/mol. The van der Waals surface area contributed by atoms with Gasteiger partial charge < -0.3 is 9.67 Å². The molecule has 0 spiro atoms. The van der Waals surface area contributed by atoms with Crippen molar-refractivity contribution < 1.29 is 26.2 Å². The van der Waals surface area contributed by atoms with E-state index in [9.17, 15) is 5.11 Å². The maximum Gasteiger partial charge on any atom is 0.150 e. The SMILES string of the molecule is CC(C)(C)c1cc(-c2cc(-c3cccc4c5ccccc5n(-c5cc(C(C)(C)C)cc(C(C)(C)C)c5)c34)ccn2)[c-]c(-c2cccc3c2nc(-c2cnccc2O)n3-c2cc(C(C)(C)C)cc(C(C)(C)C)c2)c1.[Pt]. The average molecular weight is 1160 g/mol. The molecule has 0 saturated heterocycles.